The maximum atomic E-state index is 14.7. The number of fused-ring (bicyclic) bond motifs is 1. The number of alkyl halides is 1. The van der Waals surface area contributed by atoms with Crippen LogP contribution in [0.1, 0.15) is 96.8 Å². The molecule has 4 rings (SSSR count). The molecule has 7 heteroatoms. The van der Waals surface area contributed by atoms with E-state index in [0.717, 1.165) is 71.2 Å². The van der Waals surface area contributed by atoms with Gasteiger partial charge in [-0.1, -0.05) is 25.7 Å². The predicted octanol–water partition coefficient (Wildman–Crippen LogP) is 5.46. The number of morpholine rings is 1. The largest absolute Gasteiger partial charge is 0.467 e. The molecule has 5 atom stereocenters. The maximum Gasteiger partial charge on any atom is 0.338 e. The highest BCUT2D eigenvalue weighted by Crippen LogP contribution is 2.41. The van der Waals surface area contributed by atoms with Crippen molar-refractivity contribution < 1.29 is 28.1 Å². The fourth-order valence-corrected chi connectivity index (χ4v) is 7.46. The van der Waals surface area contributed by atoms with Gasteiger partial charge in [0.15, 0.2) is 5.60 Å². The predicted molar refractivity (Wildman–Crippen MR) is 138 cm³/mol. The number of hydrogen-bond donors (Lipinski definition) is 0. The summed E-state index contributed by atoms with van der Waals surface area (Å²) in [6.07, 6.45) is 13.4. The molecule has 4 aliphatic rings. The molecule has 208 valence electrons. The van der Waals surface area contributed by atoms with Crippen LogP contribution in [0.5, 0.6) is 0 Å². The molecule has 0 N–H and O–H groups in total. The smallest absolute Gasteiger partial charge is 0.338 e. The standard InChI is InChI=1S/C29H50FNO5/c1-3-36-29(28(32)33-2,21-23-8-4-5-9-25(23)30)20-22-12-14-24(15-13-22)34-18-16-31-17-19-35-27-11-7-6-10-26(27)31/h22-27H,3-21H2,1-2H3. The van der Waals surface area contributed by atoms with Crippen molar-refractivity contribution in [2.24, 2.45) is 11.8 Å². The van der Waals surface area contributed by atoms with Crippen molar-refractivity contribution in [3.8, 4) is 0 Å². The molecule has 4 fully saturated rings. The summed E-state index contributed by atoms with van der Waals surface area (Å²) < 4.78 is 38.5. The summed E-state index contributed by atoms with van der Waals surface area (Å²) in [5.41, 5.74) is -1.03. The average molecular weight is 512 g/mol. The van der Waals surface area contributed by atoms with Gasteiger partial charge in [0, 0.05) is 25.7 Å². The Morgan fingerprint density at radius 1 is 1.00 bits per heavy atom. The molecule has 3 saturated carbocycles. The number of carbonyl (C=O) groups excluding carboxylic acids is 1. The summed E-state index contributed by atoms with van der Waals surface area (Å²) in [7, 11) is 1.43. The number of methoxy groups -OCH3 is 1. The van der Waals surface area contributed by atoms with E-state index >= 15 is 0 Å². The first-order chi connectivity index (χ1) is 17.5. The van der Waals surface area contributed by atoms with E-state index in [9.17, 15) is 9.18 Å². The van der Waals surface area contributed by atoms with Crippen molar-refractivity contribution in [2.75, 3.05) is 40.0 Å². The Morgan fingerprint density at radius 3 is 2.50 bits per heavy atom. The normalized spacial score (nSPS) is 35.5. The van der Waals surface area contributed by atoms with Crippen LogP contribution in [0.25, 0.3) is 0 Å². The number of halogens is 1. The lowest BCUT2D eigenvalue weighted by molar-refractivity contribution is -0.177. The van der Waals surface area contributed by atoms with E-state index in [0.29, 0.717) is 43.9 Å². The van der Waals surface area contributed by atoms with E-state index in [1.165, 1.54) is 32.8 Å². The first-order valence-electron chi connectivity index (χ1n) is 14.9. The van der Waals surface area contributed by atoms with E-state index in [1.54, 1.807) is 0 Å². The Kier molecular flexibility index (Phi) is 10.9. The van der Waals surface area contributed by atoms with Crippen molar-refractivity contribution in [3.05, 3.63) is 0 Å². The molecule has 0 aromatic rings. The highest BCUT2D eigenvalue weighted by Gasteiger charge is 2.46. The van der Waals surface area contributed by atoms with Gasteiger partial charge in [0.1, 0.15) is 6.17 Å². The molecule has 5 unspecified atom stereocenters. The second kappa shape index (κ2) is 13.9. The molecule has 0 spiro atoms. The molecule has 0 amide bonds. The topological polar surface area (TPSA) is 57.2 Å². The fourth-order valence-electron chi connectivity index (χ4n) is 7.46. The van der Waals surface area contributed by atoms with E-state index in [1.807, 2.05) is 6.92 Å². The third kappa shape index (κ3) is 7.21. The SMILES string of the molecule is CCOC(CC1CCC(OCCN2CCOC3CCCCC32)CC1)(CC1CCCCC1F)C(=O)OC. The molecule has 0 radical (unpaired) electrons. The Bertz CT molecular complexity index is 670. The third-order valence-corrected chi connectivity index (χ3v) is 9.38. The molecule has 1 saturated heterocycles. The molecular weight excluding hydrogens is 461 g/mol. The Hall–Kier alpha value is -0.760. The van der Waals surface area contributed by atoms with Crippen LogP contribution >= 0.6 is 0 Å². The number of nitrogens with zero attached hydrogens (tertiary/aromatic N) is 1. The first kappa shape index (κ1) is 28.3. The molecule has 36 heavy (non-hydrogen) atoms. The zero-order valence-electron chi connectivity index (χ0n) is 22.8. The highest BCUT2D eigenvalue weighted by molar-refractivity contribution is 5.79. The quantitative estimate of drug-likeness (QED) is 0.343. The van der Waals surface area contributed by atoms with Gasteiger partial charge in [-0.3, -0.25) is 4.90 Å². The van der Waals surface area contributed by atoms with Crippen LogP contribution in [0.4, 0.5) is 4.39 Å². The van der Waals surface area contributed by atoms with Crippen molar-refractivity contribution in [1.82, 2.24) is 4.90 Å². The molecular formula is C29H50FNO5. The summed E-state index contributed by atoms with van der Waals surface area (Å²) in [4.78, 5) is 15.6. The number of ether oxygens (including phenoxy) is 4. The third-order valence-electron chi connectivity index (χ3n) is 9.38. The monoisotopic (exact) mass is 511 g/mol. The van der Waals surface area contributed by atoms with Crippen LogP contribution in [-0.4, -0.2) is 80.9 Å². The summed E-state index contributed by atoms with van der Waals surface area (Å²) in [6.45, 7) is 5.99. The van der Waals surface area contributed by atoms with Crippen LogP contribution in [0.15, 0.2) is 0 Å². The van der Waals surface area contributed by atoms with Gasteiger partial charge in [-0.2, -0.15) is 0 Å². The molecule has 0 aromatic heterocycles. The molecule has 3 aliphatic carbocycles. The van der Waals surface area contributed by atoms with Gasteiger partial charge in [-0.15, -0.1) is 0 Å². The number of esters is 1. The summed E-state index contributed by atoms with van der Waals surface area (Å²) in [5.74, 6) is -0.0700. The van der Waals surface area contributed by atoms with Gasteiger partial charge in [0.2, 0.25) is 0 Å². The van der Waals surface area contributed by atoms with E-state index in [2.05, 4.69) is 4.90 Å². The molecule has 0 bridgehead atoms. The van der Waals surface area contributed by atoms with Crippen LogP contribution in [0.3, 0.4) is 0 Å². The molecule has 1 aliphatic heterocycles. The van der Waals surface area contributed by atoms with Crippen LogP contribution < -0.4 is 0 Å². The van der Waals surface area contributed by atoms with Crippen molar-refractivity contribution in [1.29, 1.82) is 0 Å². The van der Waals surface area contributed by atoms with Crippen molar-refractivity contribution >= 4 is 5.97 Å². The van der Waals surface area contributed by atoms with Crippen LogP contribution in [-0.2, 0) is 23.7 Å². The Balaban J connectivity index is 1.25. The minimum absolute atomic E-state index is 0.118. The minimum Gasteiger partial charge on any atom is -0.467 e. The van der Waals surface area contributed by atoms with E-state index in [4.69, 9.17) is 18.9 Å². The van der Waals surface area contributed by atoms with E-state index in [-0.39, 0.29) is 18.0 Å². The van der Waals surface area contributed by atoms with Gasteiger partial charge < -0.3 is 18.9 Å². The fraction of sp³-hybridized carbons (Fsp3) is 0.966. The molecule has 0 aromatic carbocycles. The summed E-state index contributed by atoms with van der Waals surface area (Å²) in [5, 5.41) is 0. The lowest BCUT2D eigenvalue weighted by Crippen LogP contribution is -2.53. The van der Waals surface area contributed by atoms with Gasteiger partial charge in [0.25, 0.3) is 0 Å². The van der Waals surface area contributed by atoms with Gasteiger partial charge >= 0.3 is 5.97 Å². The van der Waals surface area contributed by atoms with Crippen LogP contribution in [0.2, 0.25) is 0 Å². The Labute approximate surface area is 217 Å². The van der Waals surface area contributed by atoms with Gasteiger partial charge in [-0.05, 0) is 83.0 Å². The van der Waals surface area contributed by atoms with Gasteiger partial charge in [-0.25, -0.2) is 9.18 Å². The number of rotatable bonds is 11. The average Bonchev–Trinajstić information content (AvgIpc) is 2.90. The minimum atomic E-state index is -1.03. The molecule has 6 nitrogen and oxygen atoms in total. The number of hydrogen-bond acceptors (Lipinski definition) is 6. The Morgan fingerprint density at radius 2 is 1.75 bits per heavy atom. The second-order valence-electron chi connectivity index (χ2n) is 11.7. The lowest BCUT2D eigenvalue weighted by Gasteiger charge is -2.44. The summed E-state index contributed by atoms with van der Waals surface area (Å²) >= 11 is 0. The van der Waals surface area contributed by atoms with Crippen molar-refractivity contribution in [3.63, 3.8) is 0 Å². The maximum absolute atomic E-state index is 14.7. The first-order valence-corrected chi connectivity index (χ1v) is 14.9. The summed E-state index contributed by atoms with van der Waals surface area (Å²) in [6, 6.07) is 0.574. The van der Waals surface area contributed by atoms with Crippen LogP contribution in [0, 0.1) is 11.8 Å². The highest BCUT2D eigenvalue weighted by atomic mass is 19.1. The van der Waals surface area contributed by atoms with E-state index < -0.39 is 11.8 Å². The zero-order valence-corrected chi connectivity index (χ0v) is 22.8. The van der Waals surface area contributed by atoms with Crippen molar-refractivity contribution in [2.45, 2.75) is 127 Å². The lowest BCUT2D eigenvalue weighted by atomic mass is 9.73. The second-order valence-corrected chi connectivity index (χ2v) is 11.7. The van der Waals surface area contributed by atoms with Gasteiger partial charge in [0.05, 0.1) is 32.5 Å². The number of carbonyl (C=O) groups is 1. The zero-order chi connectivity index (χ0) is 25.4. The molecule has 1 heterocycles.